The van der Waals surface area contributed by atoms with Crippen LogP contribution in [-0.2, 0) is 4.74 Å². The molecule has 0 amide bonds. The van der Waals surface area contributed by atoms with Gasteiger partial charge in [-0.3, -0.25) is 0 Å². The van der Waals surface area contributed by atoms with Crippen molar-refractivity contribution in [1.29, 1.82) is 10.5 Å². The zero-order valence-corrected chi connectivity index (χ0v) is 13.1. The van der Waals surface area contributed by atoms with Gasteiger partial charge in [0.15, 0.2) is 0 Å². The molecule has 0 aromatic heterocycles. The van der Waals surface area contributed by atoms with Gasteiger partial charge in [0.05, 0.1) is 38.8 Å². The van der Waals surface area contributed by atoms with E-state index in [0.29, 0.717) is 30.4 Å². The van der Waals surface area contributed by atoms with Crippen LogP contribution in [0.1, 0.15) is 0 Å². The zero-order valence-electron chi connectivity index (χ0n) is 13.1. The maximum absolute atomic E-state index is 8.79. The highest BCUT2D eigenvalue weighted by molar-refractivity contribution is 5.73. The Kier molecular flexibility index (Phi) is 5.67. The van der Waals surface area contributed by atoms with E-state index in [0.717, 1.165) is 18.8 Å². The van der Waals surface area contributed by atoms with Gasteiger partial charge in [-0.2, -0.15) is 10.5 Å². The first-order chi connectivity index (χ1) is 11.2. The molecule has 0 atom stereocenters. The predicted octanol–water partition coefficient (Wildman–Crippen LogP) is 1.88. The topological polar surface area (TPSA) is 90.5 Å². The number of morpholine rings is 1. The molecule has 1 aliphatic rings. The fourth-order valence-corrected chi connectivity index (χ4v) is 2.29. The Labute approximate surface area is 135 Å². The highest BCUT2D eigenvalue weighted by Gasteiger charge is 2.18. The van der Waals surface area contributed by atoms with Crippen LogP contribution in [0.5, 0.6) is 11.5 Å². The number of hydrogen-bond acceptors (Lipinski definition) is 7. The molecule has 0 unspecified atom stereocenters. The minimum atomic E-state index is -0.0247. The summed E-state index contributed by atoms with van der Waals surface area (Å²) in [7, 11) is 3.16. The van der Waals surface area contributed by atoms with Crippen molar-refractivity contribution < 1.29 is 14.2 Å². The summed E-state index contributed by atoms with van der Waals surface area (Å²) in [6.07, 6.45) is 1.34. The van der Waals surface area contributed by atoms with E-state index < -0.39 is 0 Å². The lowest BCUT2D eigenvalue weighted by atomic mass is 10.2. The summed E-state index contributed by atoms with van der Waals surface area (Å²) in [4.78, 5) is 2.17. The van der Waals surface area contributed by atoms with Gasteiger partial charge in [-0.1, -0.05) is 0 Å². The summed E-state index contributed by atoms with van der Waals surface area (Å²) in [5.74, 6) is 1.28. The minimum Gasteiger partial charge on any atom is -0.494 e. The average molecular weight is 314 g/mol. The van der Waals surface area contributed by atoms with E-state index in [1.807, 2.05) is 6.07 Å². The number of methoxy groups -OCH3 is 2. The van der Waals surface area contributed by atoms with Crippen molar-refractivity contribution in [3.63, 3.8) is 0 Å². The number of nitriles is 2. The Balaban J connectivity index is 2.35. The van der Waals surface area contributed by atoms with Crippen molar-refractivity contribution in [2.75, 3.05) is 50.7 Å². The van der Waals surface area contributed by atoms with Crippen molar-refractivity contribution in [1.82, 2.24) is 0 Å². The summed E-state index contributed by atoms with van der Waals surface area (Å²) in [6.45, 7) is 2.89. The summed E-state index contributed by atoms with van der Waals surface area (Å²) >= 11 is 0. The summed E-state index contributed by atoms with van der Waals surface area (Å²) in [6, 6.07) is 7.25. The first kappa shape index (κ1) is 16.5. The fraction of sp³-hybridized carbons (Fsp3) is 0.375. The maximum atomic E-state index is 8.79. The smallest absolute Gasteiger partial charge is 0.145 e. The second-order valence-corrected chi connectivity index (χ2v) is 4.75. The van der Waals surface area contributed by atoms with Gasteiger partial charge in [0.25, 0.3) is 0 Å². The Bertz CT molecular complexity index is 651. The van der Waals surface area contributed by atoms with Gasteiger partial charge < -0.3 is 24.4 Å². The van der Waals surface area contributed by atoms with E-state index in [1.54, 1.807) is 32.4 Å². The predicted molar refractivity (Wildman–Crippen MR) is 85.5 cm³/mol. The highest BCUT2D eigenvalue weighted by atomic mass is 16.5. The molecule has 0 radical (unpaired) electrons. The SMILES string of the molecule is COc1cc(N2CCOCC2)c(OC)cc1NC=C(C#N)C#N. The van der Waals surface area contributed by atoms with E-state index in [4.69, 9.17) is 24.7 Å². The van der Waals surface area contributed by atoms with Crippen molar-refractivity contribution >= 4 is 11.4 Å². The molecule has 1 heterocycles. The summed E-state index contributed by atoms with van der Waals surface area (Å²) < 4.78 is 16.2. The van der Waals surface area contributed by atoms with Crippen LogP contribution in [-0.4, -0.2) is 40.5 Å². The molecular weight excluding hydrogens is 296 g/mol. The molecule has 1 saturated heterocycles. The van der Waals surface area contributed by atoms with Crippen LogP contribution in [0.4, 0.5) is 11.4 Å². The standard InChI is InChI=1S/C16H18N4O3/c1-21-15-8-14(20-3-5-23-6-4-20)16(22-2)7-13(15)19-11-12(9-17)10-18/h7-8,11,19H,3-6H2,1-2H3. The first-order valence-electron chi connectivity index (χ1n) is 7.09. The van der Waals surface area contributed by atoms with Crippen LogP contribution in [0.25, 0.3) is 0 Å². The second kappa shape index (κ2) is 7.92. The molecule has 0 spiro atoms. The van der Waals surface area contributed by atoms with Crippen molar-refractivity contribution in [3.8, 4) is 23.6 Å². The highest BCUT2D eigenvalue weighted by Crippen LogP contribution is 2.38. The number of allylic oxidation sites excluding steroid dienone is 1. The Morgan fingerprint density at radius 3 is 2.39 bits per heavy atom. The van der Waals surface area contributed by atoms with Gasteiger partial charge in [0.2, 0.25) is 0 Å². The number of hydrogen-bond donors (Lipinski definition) is 1. The maximum Gasteiger partial charge on any atom is 0.145 e. The molecule has 1 N–H and O–H groups in total. The van der Waals surface area contributed by atoms with Crippen LogP contribution in [0, 0.1) is 22.7 Å². The number of benzene rings is 1. The van der Waals surface area contributed by atoms with Gasteiger partial charge in [-0.25, -0.2) is 0 Å². The lowest BCUT2D eigenvalue weighted by Crippen LogP contribution is -2.36. The molecule has 1 aromatic carbocycles. The number of nitrogens with zero attached hydrogens (tertiary/aromatic N) is 3. The molecule has 1 aromatic rings. The Morgan fingerprint density at radius 2 is 1.83 bits per heavy atom. The normalized spacial score (nSPS) is 13.5. The Morgan fingerprint density at radius 1 is 1.17 bits per heavy atom. The molecule has 0 aliphatic carbocycles. The van der Waals surface area contributed by atoms with Gasteiger partial charge >= 0.3 is 0 Å². The first-order valence-corrected chi connectivity index (χ1v) is 7.09. The van der Waals surface area contributed by atoms with E-state index in [1.165, 1.54) is 6.20 Å². The fourth-order valence-electron chi connectivity index (χ4n) is 2.29. The molecule has 120 valence electrons. The molecule has 23 heavy (non-hydrogen) atoms. The number of ether oxygens (including phenoxy) is 3. The molecule has 2 rings (SSSR count). The van der Waals surface area contributed by atoms with E-state index in [2.05, 4.69) is 10.2 Å². The molecule has 7 heteroatoms. The molecule has 7 nitrogen and oxygen atoms in total. The van der Waals surface area contributed by atoms with Gasteiger partial charge in [-0.15, -0.1) is 0 Å². The van der Waals surface area contributed by atoms with Gasteiger partial charge in [0.1, 0.15) is 29.2 Å². The van der Waals surface area contributed by atoms with E-state index >= 15 is 0 Å². The minimum absolute atomic E-state index is 0.0247. The molecule has 1 fully saturated rings. The molecule has 0 saturated carbocycles. The largest absolute Gasteiger partial charge is 0.494 e. The van der Waals surface area contributed by atoms with Crippen molar-refractivity contribution in [2.45, 2.75) is 0 Å². The lowest BCUT2D eigenvalue weighted by Gasteiger charge is -2.30. The monoisotopic (exact) mass is 314 g/mol. The van der Waals surface area contributed by atoms with Crippen LogP contribution < -0.4 is 19.7 Å². The number of anilines is 2. The van der Waals surface area contributed by atoms with Crippen LogP contribution in [0.2, 0.25) is 0 Å². The molecule has 1 aliphatic heterocycles. The Hall–Kier alpha value is -2.90. The van der Waals surface area contributed by atoms with Crippen LogP contribution in [0.15, 0.2) is 23.9 Å². The molecule has 0 bridgehead atoms. The number of nitrogens with one attached hydrogen (secondary N) is 1. The second-order valence-electron chi connectivity index (χ2n) is 4.75. The van der Waals surface area contributed by atoms with Crippen molar-refractivity contribution in [3.05, 3.63) is 23.9 Å². The lowest BCUT2D eigenvalue weighted by molar-refractivity contribution is 0.122. The average Bonchev–Trinajstić information content (AvgIpc) is 2.62. The molecular formula is C16H18N4O3. The third kappa shape index (κ3) is 3.85. The van der Waals surface area contributed by atoms with Crippen LogP contribution in [0.3, 0.4) is 0 Å². The van der Waals surface area contributed by atoms with E-state index in [-0.39, 0.29) is 5.57 Å². The quantitative estimate of drug-likeness (QED) is 0.830. The third-order valence-electron chi connectivity index (χ3n) is 3.47. The number of rotatable bonds is 5. The van der Waals surface area contributed by atoms with Crippen molar-refractivity contribution in [2.24, 2.45) is 0 Å². The third-order valence-corrected chi connectivity index (χ3v) is 3.47. The summed E-state index contributed by atoms with van der Waals surface area (Å²) in [5.41, 5.74) is 1.51. The zero-order chi connectivity index (χ0) is 16.7. The van der Waals surface area contributed by atoms with Crippen LogP contribution >= 0.6 is 0 Å². The summed E-state index contributed by atoms with van der Waals surface area (Å²) in [5, 5.41) is 20.5. The van der Waals surface area contributed by atoms with Gasteiger partial charge in [0, 0.05) is 31.4 Å². The van der Waals surface area contributed by atoms with E-state index in [9.17, 15) is 0 Å². The van der Waals surface area contributed by atoms with Gasteiger partial charge in [-0.05, 0) is 0 Å².